The molecule has 0 saturated carbocycles. The largest absolute Gasteiger partial charge is 0.444 e. The van der Waals surface area contributed by atoms with Crippen LogP contribution in [-0.2, 0) is 4.74 Å². The fourth-order valence-corrected chi connectivity index (χ4v) is 1.79. The van der Waals surface area contributed by atoms with Crippen LogP contribution in [0.4, 0.5) is 4.79 Å². The van der Waals surface area contributed by atoms with Gasteiger partial charge in [0.1, 0.15) is 5.60 Å². The summed E-state index contributed by atoms with van der Waals surface area (Å²) in [6.07, 6.45) is 0.766. The summed E-state index contributed by atoms with van der Waals surface area (Å²) in [7, 11) is 0. The van der Waals surface area contributed by atoms with Gasteiger partial charge < -0.3 is 15.4 Å². The topological polar surface area (TPSA) is 50.4 Å². The third kappa shape index (κ3) is 4.08. The van der Waals surface area contributed by atoms with Crippen molar-refractivity contribution in [1.29, 1.82) is 0 Å². The van der Waals surface area contributed by atoms with Gasteiger partial charge in [0.25, 0.3) is 0 Å². The van der Waals surface area contributed by atoms with Gasteiger partial charge in [0.2, 0.25) is 0 Å². The minimum atomic E-state index is -0.419. The summed E-state index contributed by atoms with van der Waals surface area (Å²) in [5, 5.41) is 6.18. The second-order valence-corrected chi connectivity index (χ2v) is 5.08. The van der Waals surface area contributed by atoms with E-state index in [-0.39, 0.29) is 12.1 Å². The Balaban J connectivity index is 2.37. The predicted octanol–water partition coefficient (Wildman–Crippen LogP) is 1.51. The standard InChI is InChI=1S/C11H22N2O2/c1-5-8-6-12-7-9(8)13-10(14)15-11(2,3)4/h8-9,12H,5-7H2,1-4H3,(H,13,14)/t8-,9-/m0/s1. The summed E-state index contributed by atoms with van der Waals surface area (Å²) in [6, 6.07) is 0.213. The zero-order valence-corrected chi connectivity index (χ0v) is 10.1. The lowest BCUT2D eigenvalue weighted by atomic mass is 10.0. The van der Waals surface area contributed by atoms with Gasteiger partial charge in [0, 0.05) is 19.1 Å². The molecule has 1 aliphatic rings. The normalized spacial score (nSPS) is 26.4. The maximum absolute atomic E-state index is 11.5. The van der Waals surface area contributed by atoms with Gasteiger partial charge >= 0.3 is 6.09 Å². The van der Waals surface area contributed by atoms with Crippen molar-refractivity contribution in [1.82, 2.24) is 10.6 Å². The quantitative estimate of drug-likeness (QED) is 0.732. The fraction of sp³-hybridized carbons (Fsp3) is 0.909. The Labute approximate surface area is 91.8 Å². The third-order valence-electron chi connectivity index (χ3n) is 2.57. The average Bonchev–Trinajstić information content (AvgIpc) is 2.48. The Hall–Kier alpha value is -0.770. The van der Waals surface area contributed by atoms with Gasteiger partial charge in [-0.15, -0.1) is 0 Å². The van der Waals surface area contributed by atoms with Crippen LogP contribution in [0.15, 0.2) is 0 Å². The molecule has 0 bridgehead atoms. The van der Waals surface area contributed by atoms with E-state index in [0.717, 1.165) is 19.5 Å². The summed E-state index contributed by atoms with van der Waals surface area (Å²) in [5.74, 6) is 0.525. The Bertz CT molecular complexity index is 223. The first-order valence-electron chi connectivity index (χ1n) is 5.62. The van der Waals surface area contributed by atoms with Crippen molar-refractivity contribution in [2.75, 3.05) is 13.1 Å². The Kier molecular flexibility index (Phi) is 3.97. The van der Waals surface area contributed by atoms with E-state index in [2.05, 4.69) is 17.6 Å². The van der Waals surface area contributed by atoms with E-state index < -0.39 is 5.60 Å². The van der Waals surface area contributed by atoms with E-state index >= 15 is 0 Å². The van der Waals surface area contributed by atoms with E-state index in [9.17, 15) is 4.79 Å². The molecule has 15 heavy (non-hydrogen) atoms. The van der Waals surface area contributed by atoms with Gasteiger partial charge in [-0.25, -0.2) is 4.79 Å². The van der Waals surface area contributed by atoms with E-state index in [0.29, 0.717) is 5.92 Å². The number of ether oxygens (including phenoxy) is 1. The lowest BCUT2D eigenvalue weighted by molar-refractivity contribution is 0.0497. The van der Waals surface area contributed by atoms with Crippen molar-refractivity contribution < 1.29 is 9.53 Å². The molecule has 0 spiro atoms. The molecule has 1 aliphatic heterocycles. The molecule has 4 heteroatoms. The van der Waals surface area contributed by atoms with Crippen LogP contribution in [0.5, 0.6) is 0 Å². The van der Waals surface area contributed by atoms with Crippen LogP contribution in [0.25, 0.3) is 0 Å². The van der Waals surface area contributed by atoms with Gasteiger partial charge in [-0.05, 0) is 26.7 Å². The van der Waals surface area contributed by atoms with E-state index in [1.807, 2.05) is 20.8 Å². The molecule has 2 N–H and O–H groups in total. The van der Waals surface area contributed by atoms with Gasteiger partial charge in [0.05, 0.1) is 0 Å². The lowest BCUT2D eigenvalue weighted by Crippen LogP contribution is -2.43. The van der Waals surface area contributed by atoms with Gasteiger partial charge in [-0.2, -0.15) is 0 Å². The van der Waals surface area contributed by atoms with Crippen molar-refractivity contribution in [3.05, 3.63) is 0 Å². The smallest absolute Gasteiger partial charge is 0.407 e. The number of carbonyl (C=O) groups excluding carboxylic acids is 1. The minimum absolute atomic E-state index is 0.213. The maximum Gasteiger partial charge on any atom is 0.407 e. The number of alkyl carbamates (subject to hydrolysis) is 1. The zero-order chi connectivity index (χ0) is 11.5. The number of amides is 1. The molecule has 0 aromatic heterocycles. The van der Waals surface area contributed by atoms with E-state index in [4.69, 9.17) is 4.74 Å². The number of hydrogen-bond donors (Lipinski definition) is 2. The number of rotatable bonds is 2. The number of carbonyl (C=O) groups is 1. The lowest BCUT2D eigenvalue weighted by Gasteiger charge is -2.23. The van der Waals surface area contributed by atoms with Crippen LogP contribution in [0.2, 0.25) is 0 Å². The molecular formula is C11H22N2O2. The molecule has 0 aromatic rings. The van der Waals surface area contributed by atoms with E-state index in [1.54, 1.807) is 0 Å². The first-order chi connectivity index (χ1) is 6.92. The van der Waals surface area contributed by atoms with Gasteiger partial charge in [-0.1, -0.05) is 13.3 Å². The van der Waals surface area contributed by atoms with Crippen molar-refractivity contribution in [3.8, 4) is 0 Å². The molecule has 0 radical (unpaired) electrons. The Morgan fingerprint density at radius 3 is 2.67 bits per heavy atom. The summed E-state index contributed by atoms with van der Waals surface area (Å²) >= 11 is 0. The summed E-state index contributed by atoms with van der Waals surface area (Å²) in [5.41, 5.74) is -0.419. The molecule has 0 aliphatic carbocycles. The third-order valence-corrected chi connectivity index (χ3v) is 2.57. The Morgan fingerprint density at radius 2 is 2.13 bits per heavy atom. The van der Waals surface area contributed by atoms with Crippen LogP contribution >= 0.6 is 0 Å². The summed E-state index contributed by atoms with van der Waals surface area (Å²) in [4.78, 5) is 11.5. The van der Waals surface area contributed by atoms with Gasteiger partial charge in [-0.3, -0.25) is 0 Å². The second-order valence-electron chi connectivity index (χ2n) is 5.08. The van der Waals surface area contributed by atoms with Crippen molar-refractivity contribution in [2.45, 2.75) is 45.8 Å². The van der Waals surface area contributed by atoms with Crippen molar-refractivity contribution >= 4 is 6.09 Å². The molecule has 88 valence electrons. The van der Waals surface area contributed by atoms with Crippen molar-refractivity contribution in [3.63, 3.8) is 0 Å². The highest BCUT2D eigenvalue weighted by Gasteiger charge is 2.28. The summed E-state index contributed by atoms with van der Waals surface area (Å²) in [6.45, 7) is 9.58. The first-order valence-corrected chi connectivity index (χ1v) is 5.62. The van der Waals surface area contributed by atoms with E-state index in [1.165, 1.54) is 0 Å². The molecule has 1 heterocycles. The highest BCUT2D eigenvalue weighted by atomic mass is 16.6. The van der Waals surface area contributed by atoms with Crippen LogP contribution in [-0.4, -0.2) is 30.8 Å². The monoisotopic (exact) mass is 214 g/mol. The highest BCUT2D eigenvalue weighted by Crippen LogP contribution is 2.14. The minimum Gasteiger partial charge on any atom is -0.444 e. The molecule has 4 nitrogen and oxygen atoms in total. The molecular weight excluding hydrogens is 192 g/mol. The molecule has 2 atom stereocenters. The van der Waals surface area contributed by atoms with Crippen LogP contribution in [0.1, 0.15) is 34.1 Å². The van der Waals surface area contributed by atoms with Gasteiger partial charge in [0.15, 0.2) is 0 Å². The molecule has 0 aromatic carbocycles. The molecule has 1 rings (SSSR count). The second kappa shape index (κ2) is 4.84. The molecule has 1 amide bonds. The molecule has 1 saturated heterocycles. The molecule has 0 unspecified atom stereocenters. The Morgan fingerprint density at radius 1 is 1.47 bits per heavy atom. The fourth-order valence-electron chi connectivity index (χ4n) is 1.79. The number of hydrogen-bond acceptors (Lipinski definition) is 3. The van der Waals surface area contributed by atoms with Crippen LogP contribution < -0.4 is 10.6 Å². The van der Waals surface area contributed by atoms with Crippen LogP contribution in [0, 0.1) is 5.92 Å². The zero-order valence-electron chi connectivity index (χ0n) is 10.1. The maximum atomic E-state index is 11.5. The van der Waals surface area contributed by atoms with Crippen LogP contribution in [0.3, 0.4) is 0 Å². The molecule has 1 fully saturated rings. The predicted molar refractivity (Wildman–Crippen MR) is 59.8 cm³/mol. The van der Waals surface area contributed by atoms with Crippen molar-refractivity contribution in [2.24, 2.45) is 5.92 Å². The summed E-state index contributed by atoms with van der Waals surface area (Å²) < 4.78 is 5.21. The SMILES string of the molecule is CC[C@H]1CNC[C@@H]1NC(=O)OC(C)(C)C. The number of nitrogens with one attached hydrogen (secondary N) is 2. The highest BCUT2D eigenvalue weighted by molar-refractivity contribution is 5.68. The average molecular weight is 214 g/mol. The first kappa shape index (κ1) is 12.3.